The van der Waals surface area contributed by atoms with Crippen LogP contribution in [0.2, 0.25) is 0 Å². The molecule has 0 aromatic heterocycles. The van der Waals surface area contributed by atoms with Crippen molar-refractivity contribution in [1.82, 2.24) is 4.90 Å². The quantitative estimate of drug-likeness (QED) is 0.701. The van der Waals surface area contributed by atoms with Crippen molar-refractivity contribution < 1.29 is 9.53 Å². The Labute approximate surface area is 145 Å². The lowest BCUT2D eigenvalue weighted by molar-refractivity contribution is 0.0813. The van der Waals surface area contributed by atoms with E-state index in [1.165, 1.54) is 12.0 Å². The topological polar surface area (TPSA) is 29.5 Å². The van der Waals surface area contributed by atoms with Gasteiger partial charge in [-0.15, -0.1) is 0 Å². The summed E-state index contributed by atoms with van der Waals surface area (Å²) in [5.41, 5.74) is 2.94. The summed E-state index contributed by atoms with van der Waals surface area (Å²) in [6.07, 6.45) is 7.73. The monoisotopic (exact) mass is 327 g/mol. The number of benzene rings is 1. The van der Waals surface area contributed by atoms with Gasteiger partial charge in [0.05, 0.1) is 6.04 Å². The molecule has 2 aliphatic rings. The van der Waals surface area contributed by atoms with Gasteiger partial charge in [-0.05, 0) is 43.1 Å². The highest BCUT2D eigenvalue weighted by Gasteiger charge is 2.40. The second-order valence-electron chi connectivity index (χ2n) is 8.34. The zero-order chi connectivity index (χ0) is 17.2. The number of fused-ring (bicyclic) bond motifs is 2. The zero-order valence-corrected chi connectivity index (χ0v) is 15.1. The third-order valence-electron chi connectivity index (χ3n) is 5.08. The molecule has 3 nitrogen and oxygen atoms in total. The summed E-state index contributed by atoms with van der Waals surface area (Å²) in [6, 6.07) is 10.5. The van der Waals surface area contributed by atoms with Crippen LogP contribution < -0.4 is 0 Å². The first-order chi connectivity index (χ1) is 11.4. The van der Waals surface area contributed by atoms with Crippen molar-refractivity contribution in [2.75, 3.05) is 0 Å². The number of amides is 1. The molecule has 1 saturated heterocycles. The predicted molar refractivity (Wildman–Crippen MR) is 96.7 cm³/mol. The average molecular weight is 327 g/mol. The Balaban J connectivity index is 1.57. The van der Waals surface area contributed by atoms with Gasteiger partial charge in [0.15, 0.2) is 0 Å². The Bertz CT molecular complexity index is 600. The van der Waals surface area contributed by atoms with Gasteiger partial charge in [-0.2, -0.15) is 0 Å². The van der Waals surface area contributed by atoms with Crippen LogP contribution in [0.4, 0.5) is 4.79 Å². The van der Waals surface area contributed by atoms with Crippen LogP contribution in [0.15, 0.2) is 42.0 Å². The minimum atomic E-state index is -0.155. The number of ether oxygens (including phenoxy) is 1. The SMILES string of the molecule is CC(C)(C)CCC1=CC2CCC(C1)N2C(=O)OCc1ccccc1. The van der Waals surface area contributed by atoms with Crippen LogP contribution in [-0.2, 0) is 11.3 Å². The van der Waals surface area contributed by atoms with Gasteiger partial charge < -0.3 is 4.74 Å². The number of carbonyl (C=O) groups is 1. The standard InChI is InChI=1S/C21H29NO2/c1-21(2,3)12-11-17-13-18-9-10-19(14-17)22(18)20(23)24-15-16-7-5-4-6-8-16/h4-8,13,18-19H,9-12,14-15H2,1-3H3. The average Bonchev–Trinajstić information content (AvgIpc) is 2.82. The number of nitrogens with zero attached hydrogens (tertiary/aromatic N) is 1. The van der Waals surface area contributed by atoms with E-state index in [1.54, 1.807) is 0 Å². The predicted octanol–water partition coefficient (Wildman–Crippen LogP) is 5.31. The van der Waals surface area contributed by atoms with Crippen molar-refractivity contribution in [2.45, 2.75) is 71.6 Å². The lowest BCUT2D eigenvalue weighted by Crippen LogP contribution is -2.43. The molecule has 1 fully saturated rings. The van der Waals surface area contributed by atoms with Gasteiger partial charge in [-0.1, -0.05) is 62.8 Å². The zero-order valence-electron chi connectivity index (χ0n) is 15.1. The molecule has 3 rings (SSSR count). The summed E-state index contributed by atoms with van der Waals surface area (Å²) in [7, 11) is 0. The molecule has 3 heteroatoms. The van der Waals surface area contributed by atoms with Crippen molar-refractivity contribution in [1.29, 1.82) is 0 Å². The van der Waals surface area contributed by atoms with Crippen LogP contribution >= 0.6 is 0 Å². The maximum absolute atomic E-state index is 12.5. The molecule has 1 aromatic carbocycles. The van der Waals surface area contributed by atoms with Crippen LogP contribution in [0.1, 0.15) is 58.4 Å². The van der Waals surface area contributed by atoms with Gasteiger partial charge in [0.1, 0.15) is 6.61 Å². The molecule has 2 bridgehead atoms. The first-order valence-electron chi connectivity index (χ1n) is 9.11. The largest absolute Gasteiger partial charge is 0.445 e. The normalized spacial score (nSPS) is 23.1. The molecular weight excluding hydrogens is 298 g/mol. The molecule has 0 radical (unpaired) electrons. The van der Waals surface area contributed by atoms with Crippen molar-refractivity contribution >= 4 is 6.09 Å². The highest BCUT2D eigenvalue weighted by molar-refractivity contribution is 5.70. The number of hydrogen-bond donors (Lipinski definition) is 0. The van der Waals surface area contributed by atoms with Crippen molar-refractivity contribution in [3.05, 3.63) is 47.5 Å². The van der Waals surface area contributed by atoms with E-state index in [0.29, 0.717) is 18.1 Å². The molecule has 0 aliphatic carbocycles. The molecule has 2 heterocycles. The van der Waals surface area contributed by atoms with Gasteiger partial charge in [-0.3, -0.25) is 4.90 Å². The van der Waals surface area contributed by atoms with Crippen LogP contribution in [0.25, 0.3) is 0 Å². The van der Waals surface area contributed by atoms with Gasteiger partial charge in [0.2, 0.25) is 0 Å². The van der Waals surface area contributed by atoms with Crippen molar-refractivity contribution in [3.8, 4) is 0 Å². The van der Waals surface area contributed by atoms with E-state index in [9.17, 15) is 4.79 Å². The third kappa shape index (κ3) is 4.19. The first-order valence-corrected chi connectivity index (χ1v) is 9.11. The second kappa shape index (κ2) is 7.00. The lowest BCUT2D eigenvalue weighted by Gasteiger charge is -2.34. The van der Waals surface area contributed by atoms with Crippen molar-refractivity contribution in [2.24, 2.45) is 5.41 Å². The Kier molecular flexibility index (Phi) is 4.98. The number of carbonyl (C=O) groups excluding carboxylic acids is 1. The van der Waals surface area contributed by atoms with Gasteiger partial charge >= 0.3 is 6.09 Å². The molecule has 0 saturated carbocycles. The Morgan fingerprint density at radius 3 is 2.62 bits per heavy atom. The van der Waals surface area contributed by atoms with Crippen LogP contribution in [0.5, 0.6) is 0 Å². The molecule has 130 valence electrons. The number of rotatable bonds is 4. The summed E-state index contributed by atoms with van der Waals surface area (Å²) in [5, 5.41) is 0. The second-order valence-corrected chi connectivity index (χ2v) is 8.34. The summed E-state index contributed by atoms with van der Waals surface area (Å²) < 4.78 is 5.56. The minimum Gasteiger partial charge on any atom is -0.445 e. The molecule has 0 N–H and O–H groups in total. The fraction of sp³-hybridized carbons (Fsp3) is 0.571. The molecule has 24 heavy (non-hydrogen) atoms. The van der Waals surface area contributed by atoms with E-state index in [0.717, 1.165) is 31.2 Å². The van der Waals surface area contributed by atoms with E-state index in [4.69, 9.17) is 4.74 Å². The molecule has 2 unspecified atom stereocenters. The highest BCUT2D eigenvalue weighted by atomic mass is 16.6. The van der Waals surface area contributed by atoms with E-state index >= 15 is 0 Å². The van der Waals surface area contributed by atoms with Gasteiger partial charge in [0.25, 0.3) is 0 Å². The van der Waals surface area contributed by atoms with Gasteiger partial charge in [0, 0.05) is 6.04 Å². The van der Waals surface area contributed by atoms with E-state index in [1.807, 2.05) is 35.2 Å². The smallest absolute Gasteiger partial charge is 0.410 e. The molecule has 1 amide bonds. The summed E-state index contributed by atoms with van der Waals surface area (Å²) in [6.45, 7) is 7.23. The van der Waals surface area contributed by atoms with E-state index < -0.39 is 0 Å². The summed E-state index contributed by atoms with van der Waals surface area (Å²) >= 11 is 0. The third-order valence-corrected chi connectivity index (χ3v) is 5.08. The molecule has 1 aromatic rings. The highest BCUT2D eigenvalue weighted by Crippen LogP contribution is 2.38. The van der Waals surface area contributed by atoms with E-state index in [-0.39, 0.29) is 12.1 Å². The van der Waals surface area contributed by atoms with E-state index in [2.05, 4.69) is 26.8 Å². The lowest BCUT2D eigenvalue weighted by atomic mass is 9.86. The fourth-order valence-corrected chi connectivity index (χ4v) is 3.72. The molecule has 0 spiro atoms. The summed E-state index contributed by atoms with van der Waals surface area (Å²) in [4.78, 5) is 14.5. The maximum atomic E-state index is 12.5. The fourth-order valence-electron chi connectivity index (χ4n) is 3.72. The molecule has 2 atom stereocenters. The Morgan fingerprint density at radius 2 is 1.96 bits per heavy atom. The first kappa shape index (κ1) is 17.1. The van der Waals surface area contributed by atoms with Crippen LogP contribution in [-0.4, -0.2) is 23.1 Å². The van der Waals surface area contributed by atoms with Crippen LogP contribution in [0, 0.1) is 5.41 Å². The number of hydrogen-bond acceptors (Lipinski definition) is 2. The maximum Gasteiger partial charge on any atom is 0.410 e. The van der Waals surface area contributed by atoms with Crippen molar-refractivity contribution in [3.63, 3.8) is 0 Å². The molecule has 2 aliphatic heterocycles. The Hall–Kier alpha value is -1.77. The van der Waals surface area contributed by atoms with Crippen LogP contribution in [0.3, 0.4) is 0 Å². The Morgan fingerprint density at radius 1 is 1.21 bits per heavy atom. The minimum absolute atomic E-state index is 0.155. The molecular formula is C21H29NO2. The summed E-state index contributed by atoms with van der Waals surface area (Å²) in [5.74, 6) is 0. The van der Waals surface area contributed by atoms with Gasteiger partial charge in [-0.25, -0.2) is 4.79 Å².